The zero-order valence-corrected chi connectivity index (χ0v) is 13.1. The van der Waals surface area contributed by atoms with Crippen LogP contribution in [0.15, 0.2) is 48.5 Å². The zero-order valence-electron chi connectivity index (χ0n) is 12.4. The van der Waals surface area contributed by atoms with Crippen LogP contribution in [0, 0.1) is 0 Å². The van der Waals surface area contributed by atoms with Crippen LogP contribution < -0.4 is 4.74 Å². The molecule has 0 radical (unpaired) electrons. The molecule has 0 aliphatic rings. The van der Waals surface area contributed by atoms with Gasteiger partial charge in [-0.1, -0.05) is 23.7 Å². The fourth-order valence-electron chi connectivity index (χ4n) is 2.44. The lowest BCUT2D eigenvalue weighted by Gasteiger charge is -2.15. The summed E-state index contributed by atoms with van der Waals surface area (Å²) in [6, 6.07) is 14.5. The summed E-state index contributed by atoms with van der Waals surface area (Å²) in [7, 11) is 0. The number of para-hydroxylation sites is 2. The van der Waals surface area contributed by atoms with Crippen LogP contribution in [0.1, 0.15) is 5.82 Å². The highest BCUT2D eigenvalue weighted by molar-refractivity contribution is 6.30. The van der Waals surface area contributed by atoms with Crippen LogP contribution in [0.3, 0.4) is 0 Å². The van der Waals surface area contributed by atoms with E-state index < -0.39 is 6.10 Å². The number of nitrogens with zero attached hydrogens (tertiary/aromatic N) is 2. The third-order valence-corrected chi connectivity index (χ3v) is 3.78. The Morgan fingerprint density at radius 1 is 1.13 bits per heavy atom. The molecule has 5 nitrogen and oxygen atoms in total. The standard InChI is InChI=1S/C17H17ClN2O3/c18-12-5-7-14(8-6-12)23-11-13(22)9-20-16-4-2-1-3-15(16)19-17(20)10-21/h1-8,13,21-22H,9-11H2/t13-/m1/s1. The van der Waals surface area contributed by atoms with Crippen molar-refractivity contribution >= 4 is 22.6 Å². The Bertz CT molecular complexity index is 786. The number of rotatable bonds is 6. The first kappa shape index (κ1) is 15.8. The molecule has 0 fully saturated rings. The molecule has 23 heavy (non-hydrogen) atoms. The Kier molecular flexibility index (Phi) is 4.81. The number of imidazole rings is 1. The molecule has 0 amide bonds. The lowest BCUT2D eigenvalue weighted by Crippen LogP contribution is -2.24. The van der Waals surface area contributed by atoms with Crippen molar-refractivity contribution in [3.8, 4) is 5.75 Å². The molecule has 1 aromatic heterocycles. The number of ether oxygens (including phenoxy) is 1. The summed E-state index contributed by atoms with van der Waals surface area (Å²) in [6.07, 6.45) is -0.728. The van der Waals surface area contributed by atoms with E-state index >= 15 is 0 Å². The molecule has 120 valence electrons. The highest BCUT2D eigenvalue weighted by Crippen LogP contribution is 2.18. The molecule has 1 atom stereocenters. The summed E-state index contributed by atoms with van der Waals surface area (Å²) in [5.41, 5.74) is 1.67. The van der Waals surface area contributed by atoms with Gasteiger partial charge < -0.3 is 19.5 Å². The summed E-state index contributed by atoms with van der Waals surface area (Å²) in [5.74, 6) is 1.17. The van der Waals surface area contributed by atoms with E-state index in [2.05, 4.69) is 4.98 Å². The van der Waals surface area contributed by atoms with Crippen LogP contribution in [-0.4, -0.2) is 32.5 Å². The maximum Gasteiger partial charge on any atom is 0.135 e. The molecule has 1 heterocycles. The van der Waals surface area contributed by atoms with E-state index in [0.717, 1.165) is 11.0 Å². The quantitative estimate of drug-likeness (QED) is 0.728. The van der Waals surface area contributed by atoms with Crippen molar-refractivity contribution in [1.82, 2.24) is 9.55 Å². The van der Waals surface area contributed by atoms with Gasteiger partial charge in [-0.05, 0) is 36.4 Å². The van der Waals surface area contributed by atoms with E-state index in [9.17, 15) is 10.2 Å². The maximum absolute atomic E-state index is 10.2. The minimum Gasteiger partial charge on any atom is -0.491 e. The highest BCUT2D eigenvalue weighted by Gasteiger charge is 2.14. The number of aromatic nitrogens is 2. The van der Waals surface area contributed by atoms with Gasteiger partial charge in [0.15, 0.2) is 0 Å². The third-order valence-electron chi connectivity index (χ3n) is 3.52. The number of fused-ring (bicyclic) bond motifs is 1. The van der Waals surface area contributed by atoms with Crippen LogP contribution in [0.5, 0.6) is 5.75 Å². The van der Waals surface area contributed by atoms with Crippen molar-refractivity contribution in [3.63, 3.8) is 0 Å². The van der Waals surface area contributed by atoms with Crippen LogP contribution in [0.4, 0.5) is 0 Å². The molecule has 0 aliphatic heterocycles. The van der Waals surface area contributed by atoms with E-state index in [1.807, 2.05) is 28.8 Å². The fraction of sp³-hybridized carbons (Fsp3) is 0.235. The SMILES string of the molecule is OCc1nc2ccccc2n1C[C@@H](O)COc1ccc(Cl)cc1. The molecule has 0 unspecified atom stereocenters. The highest BCUT2D eigenvalue weighted by atomic mass is 35.5. The molecule has 0 spiro atoms. The normalized spacial score (nSPS) is 12.5. The van der Waals surface area contributed by atoms with Gasteiger partial charge in [-0.25, -0.2) is 4.98 Å². The zero-order chi connectivity index (χ0) is 16.2. The molecule has 0 saturated heterocycles. The molecular formula is C17H17ClN2O3. The number of benzene rings is 2. The first-order valence-corrected chi connectivity index (χ1v) is 7.66. The Balaban J connectivity index is 1.70. The third kappa shape index (κ3) is 3.64. The van der Waals surface area contributed by atoms with Crippen molar-refractivity contribution in [1.29, 1.82) is 0 Å². The number of hydrogen-bond acceptors (Lipinski definition) is 4. The number of aliphatic hydroxyl groups excluding tert-OH is 2. The summed E-state index contributed by atoms with van der Waals surface area (Å²) >= 11 is 5.82. The average molecular weight is 333 g/mol. The number of halogens is 1. The minimum atomic E-state index is -0.728. The monoisotopic (exact) mass is 332 g/mol. The molecule has 0 saturated carbocycles. The Morgan fingerprint density at radius 3 is 2.61 bits per heavy atom. The molecule has 2 N–H and O–H groups in total. The summed E-state index contributed by atoms with van der Waals surface area (Å²) < 4.78 is 7.36. The lowest BCUT2D eigenvalue weighted by atomic mass is 10.3. The van der Waals surface area contributed by atoms with Gasteiger partial charge in [0.25, 0.3) is 0 Å². The van der Waals surface area contributed by atoms with Gasteiger partial charge in [0.2, 0.25) is 0 Å². The molecular weight excluding hydrogens is 316 g/mol. The van der Waals surface area contributed by atoms with Gasteiger partial charge in [0.05, 0.1) is 17.6 Å². The van der Waals surface area contributed by atoms with E-state index in [1.165, 1.54) is 0 Å². The van der Waals surface area contributed by atoms with Gasteiger partial charge in [0, 0.05) is 5.02 Å². The second-order valence-corrected chi connectivity index (χ2v) is 5.64. The maximum atomic E-state index is 10.2. The molecule has 0 aliphatic carbocycles. The van der Waals surface area contributed by atoms with Gasteiger partial charge >= 0.3 is 0 Å². The van der Waals surface area contributed by atoms with E-state index in [0.29, 0.717) is 23.1 Å². The summed E-state index contributed by atoms with van der Waals surface area (Å²) in [6.45, 7) is 0.252. The lowest BCUT2D eigenvalue weighted by molar-refractivity contribution is 0.0915. The molecule has 3 aromatic rings. The minimum absolute atomic E-state index is 0.138. The molecule has 3 rings (SSSR count). The smallest absolute Gasteiger partial charge is 0.135 e. The predicted octanol–water partition coefficient (Wildman–Crippen LogP) is 2.62. The molecule has 2 aromatic carbocycles. The number of aliphatic hydroxyl groups is 2. The van der Waals surface area contributed by atoms with Gasteiger partial charge in [0.1, 0.15) is 30.9 Å². The van der Waals surface area contributed by atoms with Gasteiger partial charge in [-0.3, -0.25) is 0 Å². The molecule has 6 heteroatoms. The van der Waals surface area contributed by atoms with Crippen LogP contribution in [-0.2, 0) is 13.2 Å². The predicted molar refractivity (Wildman–Crippen MR) is 88.6 cm³/mol. The van der Waals surface area contributed by atoms with Crippen molar-refractivity contribution in [3.05, 3.63) is 59.4 Å². The Hall–Kier alpha value is -2.08. The van der Waals surface area contributed by atoms with Crippen molar-refractivity contribution < 1.29 is 14.9 Å². The van der Waals surface area contributed by atoms with Crippen molar-refractivity contribution in [2.24, 2.45) is 0 Å². The van der Waals surface area contributed by atoms with Crippen LogP contribution in [0.2, 0.25) is 5.02 Å². The van der Waals surface area contributed by atoms with E-state index in [1.54, 1.807) is 24.3 Å². The second-order valence-electron chi connectivity index (χ2n) is 5.20. The van der Waals surface area contributed by atoms with E-state index in [4.69, 9.17) is 16.3 Å². The average Bonchev–Trinajstić information content (AvgIpc) is 2.92. The first-order chi connectivity index (χ1) is 11.2. The van der Waals surface area contributed by atoms with Gasteiger partial charge in [-0.2, -0.15) is 0 Å². The second kappa shape index (κ2) is 7.00. The van der Waals surface area contributed by atoms with Crippen LogP contribution >= 0.6 is 11.6 Å². The summed E-state index contributed by atoms with van der Waals surface area (Å²) in [5, 5.41) is 20.3. The Morgan fingerprint density at radius 2 is 1.87 bits per heavy atom. The molecule has 0 bridgehead atoms. The fourth-order valence-corrected chi connectivity index (χ4v) is 2.56. The van der Waals surface area contributed by atoms with Crippen molar-refractivity contribution in [2.45, 2.75) is 19.3 Å². The Labute approximate surface area is 138 Å². The topological polar surface area (TPSA) is 67.5 Å². The number of hydrogen-bond donors (Lipinski definition) is 2. The largest absolute Gasteiger partial charge is 0.491 e. The summed E-state index contributed by atoms with van der Waals surface area (Å²) in [4.78, 5) is 4.36. The van der Waals surface area contributed by atoms with Crippen LogP contribution in [0.25, 0.3) is 11.0 Å². The van der Waals surface area contributed by atoms with Crippen molar-refractivity contribution in [2.75, 3.05) is 6.61 Å². The van der Waals surface area contributed by atoms with Gasteiger partial charge in [-0.15, -0.1) is 0 Å². The van der Waals surface area contributed by atoms with E-state index in [-0.39, 0.29) is 13.2 Å². The first-order valence-electron chi connectivity index (χ1n) is 7.29.